The van der Waals surface area contributed by atoms with Crippen molar-refractivity contribution in [2.45, 2.75) is 13.8 Å². The first kappa shape index (κ1) is 9.70. The molecule has 0 heterocycles. The van der Waals surface area contributed by atoms with Crippen molar-refractivity contribution >= 4 is 6.21 Å². The second kappa shape index (κ2) is 4.51. The first-order valence-corrected chi connectivity index (χ1v) is 3.49. The fourth-order valence-corrected chi connectivity index (χ4v) is 0.792. The van der Waals surface area contributed by atoms with E-state index in [-0.39, 0.29) is 5.92 Å². The van der Waals surface area contributed by atoms with Gasteiger partial charge >= 0.3 is 0 Å². The molecule has 0 atom stereocenters. The van der Waals surface area contributed by atoms with Crippen LogP contribution in [0, 0.1) is 22.7 Å². The Morgan fingerprint density at radius 3 is 2.27 bits per heavy atom. The van der Waals surface area contributed by atoms with Gasteiger partial charge in [-0.15, -0.1) is 0 Å². The molecule has 3 heteroatoms. The monoisotopic (exact) mass is 151 g/mol. The smallest absolute Gasteiger partial charge is 0.118 e. The van der Waals surface area contributed by atoms with Crippen LogP contribution in [0.4, 0.5) is 0 Å². The van der Waals surface area contributed by atoms with Crippen molar-refractivity contribution < 1.29 is 0 Å². The fourth-order valence-electron chi connectivity index (χ4n) is 0.792. The lowest BCUT2D eigenvalue weighted by atomic mass is 10.0. The summed E-state index contributed by atoms with van der Waals surface area (Å²) < 4.78 is 0. The van der Waals surface area contributed by atoms with Gasteiger partial charge in [-0.2, -0.15) is 5.26 Å². The predicted octanol–water partition coefficient (Wildman–Crippen LogP) is 1.29. The summed E-state index contributed by atoms with van der Waals surface area (Å²) in [5, 5.41) is 18.4. The second-order valence-corrected chi connectivity index (χ2v) is 2.49. The molecule has 0 spiro atoms. The van der Waals surface area contributed by atoms with Crippen LogP contribution in [0.25, 0.3) is 0 Å². The van der Waals surface area contributed by atoms with E-state index in [1.54, 1.807) is 7.05 Å². The maximum atomic E-state index is 8.60. The topological polar surface area (TPSA) is 59.7 Å². The largest absolute Gasteiger partial charge is 0.379 e. The van der Waals surface area contributed by atoms with Crippen molar-refractivity contribution in [3.63, 3.8) is 0 Å². The minimum Gasteiger partial charge on any atom is -0.379 e. The highest BCUT2D eigenvalue weighted by molar-refractivity contribution is 5.78. The van der Waals surface area contributed by atoms with Crippen molar-refractivity contribution in [3.05, 3.63) is 11.3 Å². The summed E-state index contributed by atoms with van der Waals surface area (Å²) in [4.78, 5) is 0. The van der Waals surface area contributed by atoms with E-state index in [9.17, 15) is 0 Å². The Labute approximate surface area is 67.2 Å². The summed E-state index contributed by atoms with van der Waals surface area (Å²) in [6, 6.07) is 2.00. The molecule has 0 amide bonds. The molecular weight excluding hydrogens is 138 g/mol. The first-order valence-electron chi connectivity index (χ1n) is 3.49. The Kier molecular flexibility index (Phi) is 3.97. The SMILES string of the molecule is CN/C(C#N)=C(\C=N)C(C)C. The molecule has 11 heavy (non-hydrogen) atoms. The second-order valence-electron chi connectivity index (χ2n) is 2.49. The third-order valence-corrected chi connectivity index (χ3v) is 1.43. The Morgan fingerprint density at radius 2 is 2.18 bits per heavy atom. The van der Waals surface area contributed by atoms with Crippen LogP contribution >= 0.6 is 0 Å². The summed E-state index contributed by atoms with van der Waals surface area (Å²) >= 11 is 0. The van der Waals surface area contributed by atoms with Crippen molar-refractivity contribution in [2.24, 2.45) is 5.92 Å². The molecule has 2 N–H and O–H groups in total. The molecule has 0 aromatic carbocycles. The molecule has 0 aliphatic carbocycles. The molecule has 60 valence electrons. The highest BCUT2D eigenvalue weighted by Crippen LogP contribution is 2.09. The van der Waals surface area contributed by atoms with Crippen LogP contribution < -0.4 is 5.32 Å². The molecular formula is C8H13N3. The average molecular weight is 151 g/mol. The molecule has 0 aromatic rings. The number of nitrogens with zero attached hydrogens (tertiary/aromatic N) is 1. The molecule has 3 nitrogen and oxygen atoms in total. The van der Waals surface area contributed by atoms with E-state index in [1.165, 1.54) is 6.21 Å². The standard InChI is InChI=1S/C8H13N3/c1-6(2)7(4-9)8(5-10)11-3/h4,6,9,11H,1-3H3/b8-7+,9-4?. The Balaban J connectivity index is 4.81. The lowest BCUT2D eigenvalue weighted by molar-refractivity contribution is 0.784. The highest BCUT2D eigenvalue weighted by atomic mass is 14.8. The third kappa shape index (κ3) is 2.42. The Bertz CT molecular complexity index is 208. The normalized spacial score (nSPS) is 11.9. The first-order chi connectivity index (χ1) is 5.17. The van der Waals surface area contributed by atoms with Gasteiger partial charge in [0.2, 0.25) is 0 Å². The molecule has 0 rings (SSSR count). The zero-order valence-corrected chi connectivity index (χ0v) is 7.10. The highest BCUT2D eigenvalue weighted by Gasteiger charge is 2.05. The van der Waals surface area contributed by atoms with Gasteiger partial charge in [-0.05, 0) is 5.92 Å². The number of hydrogen-bond acceptors (Lipinski definition) is 3. The zero-order valence-electron chi connectivity index (χ0n) is 7.10. The maximum Gasteiger partial charge on any atom is 0.118 e. The molecule has 0 aliphatic rings. The quantitative estimate of drug-likeness (QED) is 0.471. The molecule has 0 bridgehead atoms. The number of rotatable bonds is 3. The van der Waals surface area contributed by atoms with Crippen LogP contribution in [0.3, 0.4) is 0 Å². The summed E-state index contributed by atoms with van der Waals surface area (Å²) in [7, 11) is 1.68. The molecule has 0 fully saturated rings. The van der Waals surface area contributed by atoms with Gasteiger partial charge in [-0.1, -0.05) is 13.8 Å². The minimum absolute atomic E-state index is 0.217. The van der Waals surface area contributed by atoms with E-state index < -0.39 is 0 Å². The summed E-state index contributed by atoms with van der Waals surface area (Å²) in [5.74, 6) is 0.217. The van der Waals surface area contributed by atoms with Crippen molar-refractivity contribution in [3.8, 4) is 6.07 Å². The van der Waals surface area contributed by atoms with E-state index in [4.69, 9.17) is 10.7 Å². The molecule has 0 radical (unpaired) electrons. The van der Waals surface area contributed by atoms with Crippen LogP contribution in [0.15, 0.2) is 11.3 Å². The van der Waals surface area contributed by atoms with E-state index in [0.717, 1.165) is 5.57 Å². The van der Waals surface area contributed by atoms with Gasteiger partial charge in [0.05, 0.1) is 0 Å². The van der Waals surface area contributed by atoms with Crippen LogP contribution in [0.5, 0.6) is 0 Å². The summed E-state index contributed by atoms with van der Waals surface area (Å²) in [5.41, 5.74) is 1.23. The molecule has 0 aliphatic heterocycles. The fraction of sp³-hybridized carbons (Fsp3) is 0.500. The van der Waals surface area contributed by atoms with Crippen molar-refractivity contribution in [1.82, 2.24) is 5.32 Å². The average Bonchev–Trinajstić information content (AvgIpc) is 1.99. The van der Waals surface area contributed by atoms with E-state index >= 15 is 0 Å². The predicted molar refractivity (Wildman–Crippen MR) is 45.3 cm³/mol. The van der Waals surface area contributed by atoms with Gasteiger partial charge in [-0.3, -0.25) is 0 Å². The van der Waals surface area contributed by atoms with Gasteiger partial charge in [0, 0.05) is 18.8 Å². The van der Waals surface area contributed by atoms with Gasteiger partial charge in [0.1, 0.15) is 11.8 Å². The van der Waals surface area contributed by atoms with Crippen molar-refractivity contribution in [2.75, 3.05) is 7.05 Å². The van der Waals surface area contributed by atoms with Gasteiger partial charge in [-0.25, -0.2) is 0 Å². The number of nitriles is 1. The number of nitrogens with one attached hydrogen (secondary N) is 2. The summed E-state index contributed by atoms with van der Waals surface area (Å²) in [6.45, 7) is 3.91. The van der Waals surface area contributed by atoms with E-state index in [0.29, 0.717) is 5.70 Å². The van der Waals surface area contributed by atoms with Crippen LogP contribution in [-0.2, 0) is 0 Å². The van der Waals surface area contributed by atoms with Gasteiger partial charge in [0.25, 0.3) is 0 Å². The molecule has 0 saturated heterocycles. The Morgan fingerprint density at radius 1 is 1.64 bits per heavy atom. The van der Waals surface area contributed by atoms with E-state index in [2.05, 4.69) is 5.32 Å². The zero-order chi connectivity index (χ0) is 8.85. The number of hydrogen-bond donors (Lipinski definition) is 2. The lowest BCUT2D eigenvalue weighted by Gasteiger charge is -2.07. The minimum atomic E-state index is 0.217. The van der Waals surface area contributed by atoms with Gasteiger partial charge < -0.3 is 10.7 Å². The third-order valence-electron chi connectivity index (χ3n) is 1.43. The maximum absolute atomic E-state index is 8.60. The lowest BCUT2D eigenvalue weighted by Crippen LogP contribution is -2.11. The molecule has 0 aromatic heterocycles. The van der Waals surface area contributed by atoms with Crippen LogP contribution in [0.1, 0.15) is 13.8 Å². The Hall–Kier alpha value is -1.30. The van der Waals surface area contributed by atoms with Crippen LogP contribution in [-0.4, -0.2) is 13.3 Å². The van der Waals surface area contributed by atoms with Crippen molar-refractivity contribution in [1.29, 1.82) is 10.7 Å². The molecule has 0 saturated carbocycles. The van der Waals surface area contributed by atoms with E-state index in [1.807, 2.05) is 19.9 Å². The van der Waals surface area contributed by atoms with Crippen LogP contribution in [0.2, 0.25) is 0 Å². The number of allylic oxidation sites excluding steroid dienone is 2. The van der Waals surface area contributed by atoms with Gasteiger partial charge in [0.15, 0.2) is 0 Å². The molecule has 0 unspecified atom stereocenters. The summed E-state index contributed by atoms with van der Waals surface area (Å²) in [6.07, 6.45) is 1.22.